The minimum atomic E-state index is -1.72. The number of aliphatic hydroxyl groups excluding tert-OH is 2. The lowest BCUT2D eigenvalue weighted by atomic mass is 9.46. The van der Waals surface area contributed by atoms with Gasteiger partial charge in [0.25, 0.3) is 0 Å². The van der Waals surface area contributed by atoms with Gasteiger partial charge in [0.15, 0.2) is 11.4 Å². The van der Waals surface area contributed by atoms with Crippen molar-refractivity contribution in [2.75, 3.05) is 0 Å². The molecule has 3 saturated carbocycles. The quantitative estimate of drug-likeness (QED) is 0.519. The van der Waals surface area contributed by atoms with E-state index in [0.29, 0.717) is 42.6 Å². The Morgan fingerprint density at radius 3 is 2.48 bits per heavy atom. The van der Waals surface area contributed by atoms with Gasteiger partial charge in [-0.3, -0.25) is 4.79 Å². The summed E-state index contributed by atoms with van der Waals surface area (Å²) in [5.41, 5.74) is -2.57. The normalized spacial score (nSPS) is 50.7. The Bertz CT molecular complexity index is 921. The molecule has 1 spiro atoms. The SMILES string of the molecule is CC(C)[C@H](C)[C@H](O)[C@@H]1C[C@]23CC(=O)[C@]4(O)C(=C2CC[C@@H]3[C@@H]1C)C=C[C@]1(O)C[C@@H](O)CC[C@@]41C. The summed E-state index contributed by atoms with van der Waals surface area (Å²) in [6, 6.07) is 0. The molecule has 0 aromatic heterocycles. The van der Waals surface area contributed by atoms with Crippen molar-refractivity contribution in [3.05, 3.63) is 23.3 Å². The predicted octanol–water partition coefficient (Wildman–Crippen LogP) is 3.54. The van der Waals surface area contributed by atoms with Crippen LogP contribution in [0.4, 0.5) is 0 Å². The van der Waals surface area contributed by atoms with Gasteiger partial charge in [0.05, 0.1) is 17.8 Å². The minimum absolute atomic E-state index is 0.143. The molecule has 0 aromatic rings. The van der Waals surface area contributed by atoms with Gasteiger partial charge in [-0.1, -0.05) is 52.3 Å². The molecule has 33 heavy (non-hydrogen) atoms. The highest BCUT2D eigenvalue weighted by Crippen LogP contribution is 2.70. The molecular formula is C28H42O5. The number of fused-ring (bicyclic) bond motifs is 3. The molecular weight excluding hydrogens is 416 g/mol. The van der Waals surface area contributed by atoms with Crippen molar-refractivity contribution in [2.24, 2.45) is 40.4 Å². The van der Waals surface area contributed by atoms with E-state index in [2.05, 4.69) is 27.7 Å². The molecule has 0 aliphatic heterocycles. The van der Waals surface area contributed by atoms with Gasteiger partial charge >= 0.3 is 0 Å². The van der Waals surface area contributed by atoms with Crippen molar-refractivity contribution in [2.45, 2.75) is 103 Å². The van der Waals surface area contributed by atoms with E-state index in [4.69, 9.17) is 0 Å². The first kappa shape index (κ1) is 23.7. The molecule has 5 aliphatic rings. The lowest BCUT2D eigenvalue weighted by Gasteiger charge is -2.60. The van der Waals surface area contributed by atoms with Crippen molar-refractivity contribution >= 4 is 5.78 Å². The van der Waals surface area contributed by atoms with Crippen molar-refractivity contribution < 1.29 is 25.2 Å². The highest BCUT2D eigenvalue weighted by atomic mass is 16.3. The van der Waals surface area contributed by atoms with Crippen LogP contribution in [0.5, 0.6) is 0 Å². The van der Waals surface area contributed by atoms with Gasteiger partial charge in [0.2, 0.25) is 0 Å². The third-order valence-corrected chi connectivity index (χ3v) is 11.4. The maximum atomic E-state index is 14.0. The van der Waals surface area contributed by atoms with Gasteiger partial charge in [0.1, 0.15) is 0 Å². The second kappa shape index (κ2) is 7.25. The van der Waals surface area contributed by atoms with E-state index in [1.165, 1.54) is 5.57 Å². The third kappa shape index (κ3) is 2.77. The fourth-order valence-corrected chi connectivity index (χ4v) is 8.86. The van der Waals surface area contributed by atoms with Crippen molar-refractivity contribution in [1.82, 2.24) is 0 Å². The average Bonchev–Trinajstić information content (AvgIpc) is 3.23. The Morgan fingerprint density at radius 1 is 1.12 bits per heavy atom. The summed E-state index contributed by atoms with van der Waals surface area (Å²) in [5, 5.41) is 45.2. The number of hydrogen-bond donors (Lipinski definition) is 4. The highest BCUT2D eigenvalue weighted by Gasteiger charge is 2.72. The molecule has 0 aromatic carbocycles. The zero-order valence-electron chi connectivity index (χ0n) is 20.8. The number of allylic oxidation sites excluding steroid dienone is 1. The molecule has 5 rings (SSSR count). The first-order valence-electron chi connectivity index (χ1n) is 13.1. The van der Waals surface area contributed by atoms with Crippen LogP contribution < -0.4 is 0 Å². The van der Waals surface area contributed by atoms with Gasteiger partial charge in [-0.15, -0.1) is 0 Å². The molecule has 0 unspecified atom stereocenters. The molecule has 10 atom stereocenters. The van der Waals surface area contributed by atoms with Crippen molar-refractivity contribution in [3.8, 4) is 0 Å². The summed E-state index contributed by atoms with van der Waals surface area (Å²) in [6.07, 6.45) is 6.47. The second-order valence-corrected chi connectivity index (χ2v) is 12.8. The number of aliphatic hydroxyl groups is 4. The Hall–Kier alpha value is -1.01. The number of rotatable bonds is 3. The Morgan fingerprint density at radius 2 is 1.82 bits per heavy atom. The second-order valence-electron chi connectivity index (χ2n) is 12.8. The van der Waals surface area contributed by atoms with Crippen LogP contribution in [0.1, 0.15) is 79.6 Å². The van der Waals surface area contributed by atoms with Gasteiger partial charge in [-0.2, -0.15) is 0 Å². The molecule has 5 nitrogen and oxygen atoms in total. The topological polar surface area (TPSA) is 98.0 Å². The minimum Gasteiger partial charge on any atom is -0.393 e. The van der Waals surface area contributed by atoms with Crippen LogP contribution in [0.2, 0.25) is 0 Å². The summed E-state index contributed by atoms with van der Waals surface area (Å²) in [7, 11) is 0. The van der Waals surface area contributed by atoms with E-state index in [1.54, 1.807) is 6.08 Å². The molecule has 0 radical (unpaired) electrons. The smallest absolute Gasteiger partial charge is 0.170 e. The van der Waals surface area contributed by atoms with Crippen LogP contribution in [-0.4, -0.2) is 49.6 Å². The monoisotopic (exact) mass is 458 g/mol. The largest absolute Gasteiger partial charge is 0.393 e. The van der Waals surface area contributed by atoms with Crippen molar-refractivity contribution in [3.63, 3.8) is 0 Å². The number of carbonyl (C=O) groups excluding carboxylic acids is 1. The molecule has 0 bridgehead atoms. The van der Waals surface area contributed by atoms with E-state index in [-0.39, 0.29) is 29.5 Å². The summed E-state index contributed by atoms with van der Waals surface area (Å²) in [5.74, 6) is 1.20. The van der Waals surface area contributed by atoms with Crippen LogP contribution >= 0.6 is 0 Å². The molecule has 5 aliphatic carbocycles. The average molecular weight is 459 g/mol. The first-order valence-corrected chi connectivity index (χ1v) is 13.1. The van der Waals surface area contributed by atoms with E-state index in [1.807, 2.05) is 13.0 Å². The lowest BCUT2D eigenvalue weighted by Crippen LogP contribution is -2.70. The summed E-state index contributed by atoms with van der Waals surface area (Å²) in [6.45, 7) is 10.5. The van der Waals surface area contributed by atoms with Crippen LogP contribution in [0, 0.1) is 40.4 Å². The zero-order chi connectivity index (χ0) is 24.1. The summed E-state index contributed by atoms with van der Waals surface area (Å²) >= 11 is 0. The van der Waals surface area contributed by atoms with Crippen molar-refractivity contribution in [1.29, 1.82) is 0 Å². The van der Waals surface area contributed by atoms with Crippen LogP contribution in [0.25, 0.3) is 0 Å². The molecule has 0 saturated heterocycles. The number of hydrogen-bond acceptors (Lipinski definition) is 5. The Kier molecular flexibility index (Phi) is 5.21. The van der Waals surface area contributed by atoms with Gasteiger partial charge < -0.3 is 20.4 Å². The van der Waals surface area contributed by atoms with Crippen LogP contribution in [0.15, 0.2) is 23.3 Å². The Balaban J connectivity index is 1.62. The van der Waals surface area contributed by atoms with E-state index < -0.39 is 28.8 Å². The standard InChI is InChI=1S/C28H42O5/c1-15(2)16(3)24(31)19-13-26-14-23(30)28(33)22(21(26)7-6-20(26)17(19)4)9-11-27(32)12-18(29)8-10-25(27,28)5/h9,11,15-20,24,29,31-33H,6-8,10,12-14H2,1-5H3/t16-,17+,18-,19+,20+,24-,25+,26+,27-,28+/m0/s1. The van der Waals surface area contributed by atoms with Gasteiger partial charge in [0, 0.05) is 23.7 Å². The maximum Gasteiger partial charge on any atom is 0.170 e. The van der Waals surface area contributed by atoms with E-state index in [9.17, 15) is 25.2 Å². The van der Waals surface area contributed by atoms with E-state index in [0.717, 1.165) is 19.3 Å². The summed E-state index contributed by atoms with van der Waals surface area (Å²) < 4.78 is 0. The molecule has 0 amide bonds. The van der Waals surface area contributed by atoms with Gasteiger partial charge in [-0.25, -0.2) is 0 Å². The highest BCUT2D eigenvalue weighted by molar-refractivity contribution is 5.96. The fraction of sp³-hybridized carbons (Fsp3) is 0.821. The zero-order valence-corrected chi connectivity index (χ0v) is 20.8. The summed E-state index contributed by atoms with van der Waals surface area (Å²) in [4.78, 5) is 14.0. The van der Waals surface area contributed by atoms with Gasteiger partial charge in [-0.05, 0) is 67.3 Å². The molecule has 0 heterocycles. The molecule has 3 fully saturated rings. The van der Waals surface area contributed by atoms with Crippen LogP contribution in [-0.2, 0) is 4.79 Å². The van der Waals surface area contributed by atoms with Crippen LogP contribution in [0.3, 0.4) is 0 Å². The molecule has 184 valence electrons. The Labute approximate surface area is 198 Å². The number of carbonyl (C=O) groups is 1. The number of Topliss-reactive ketones (excluding diaryl/α,β-unsaturated/α-hetero) is 1. The molecule has 4 N–H and O–H groups in total. The fourth-order valence-electron chi connectivity index (χ4n) is 8.86. The third-order valence-electron chi connectivity index (χ3n) is 11.4. The predicted molar refractivity (Wildman–Crippen MR) is 126 cm³/mol. The van der Waals surface area contributed by atoms with E-state index >= 15 is 0 Å². The lowest BCUT2D eigenvalue weighted by molar-refractivity contribution is -0.199. The molecule has 5 heteroatoms. The first-order chi connectivity index (χ1) is 15.3. The maximum absolute atomic E-state index is 14.0. The number of ketones is 1.